The van der Waals surface area contributed by atoms with Gasteiger partial charge in [-0.05, 0) is 110 Å². The molecule has 0 radical (unpaired) electrons. The summed E-state index contributed by atoms with van der Waals surface area (Å²) in [5, 5.41) is 38.3. The molecule has 0 amide bonds. The minimum Gasteiger partial charge on any atom is -0.481 e. The molecular formula is C59H78O7S8. The molecule has 5 aromatic rings. The summed E-state index contributed by atoms with van der Waals surface area (Å²) in [5.41, 5.74) is 3.15. The van der Waals surface area contributed by atoms with Crippen LogP contribution in [0.5, 0.6) is 0 Å². The lowest BCUT2D eigenvalue weighted by Gasteiger charge is -2.18. The van der Waals surface area contributed by atoms with Crippen molar-refractivity contribution < 1.29 is 34.8 Å². The first-order valence-corrected chi connectivity index (χ1v) is 34.6. The first-order valence-electron chi connectivity index (χ1n) is 25.7. The van der Waals surface area contributed by atoms with E-state index in [0.29, 0.717) is 22.2 Å². The molecule has 0 fully saturated rings. The summed E-state index contributed by atoms with van der Waals surface area (Å²) in [7, 11) is 7.65. The molecule has 0 aliphatic heterocycles. The molecule has 15 heteroatoms. The third-order valence-electron chi connectivity index (χ3n) is 11.1. The molecule has 404 valence electrons. The fourth-order valence-electron chi connectivity index (χ4n) is 7.16. The summed E-state index contributed by atoms with van der Waals surface area (Å²) in [4.78, 5) is 34.6. The van der Waals surface area contributed by atoms with Crippen LogP contribution in [-0.2, 0) is 25.9 Å². The highest BCUT2D eigenvalue weighted by molar-refractivity contribution is 8.77. The van der Waals surface area contributed by atoms with Gasteiger partial charge in [-0.2, -0.15) is 23.5 Å². The first kappa shape index (κ1) is 65.6. The van der Waals surface area contributed by atoms with Crippen LogP contribution < -0.4 is 0 Å². The van der Waals surface area contributed by atoms with E-state index in [4.69, 9.17) is 15.3 Å². The normalized spacial score (nSPS) is 12.5. The zero-order chi connectivity index (χ0) is 53.1. The third kappa shape index (κ3) is 35.6. The summed E-state index contributed by atoms with van der Waals surface area (Å²) in [5.74, 6) is 4.29. The minimum atomic E-state index is -0.718. The van der Waals surface area contributed by atoms with Gasteiger partial charge in [0.1, 0.15) is 5.44 Å². The number of aliphatic carboxylic acids is 3. The number of rotatable bonds is 38. The Morgan fingerprint density at radius 2 is 0.892 bits per heavy atom. The van der Waals surface area contributed by atoms with Crippen LogP contribution in [0.1, 0.15) is 125 Å². The Bertz CT molecular complexity index is 2130. The second-order valence-corrected chi connectivity index (χ2v) is 27.7. The number of hydrogen-bond acceptors (Lipinski definition) is 12. The van der Waals surface area contributed by atoms with Crippen LogP contribution in [0.2, 0.25) is 0 Å². The molecule has 0 heterocycles. The Labute approximate surface area is 476 Å². The van der Waals surface area contributed by atoms with Crippen molar-refractivity contribution in [3.05, 3.63) is 168 Å². The van der Waals surface area contributed by atoms with Gasteiger partial charge in [0.05, 0.1) is 0 Å². The molecule has 0 saturated carbocycles. The fourth-order valence-corrected chi connectivity index (χ4v) is 16.5. The summed E-state index contributed by atoms with van der Waals surface area (Å²) < 4.78 is 0. The predicted octanol–water partition coefficient (Wildman–Crippen LogP) is 18.1. The van der Waals surface area contributed by atoms with Crippen LogP contribution in [0.25, 0.3) is 0 Å². The van der Waals surface area contributed by atoms with E-state index < -0.39 is 23.3 Å². The second-order valence-electron chi connectivity index (χ2n) is 17.3. The van der Waals surface area contributed by atoms with Gasteiger partial charge >= 0.3 is 17.9 Å². The number of thioether (sulfide) groups is 4. The van der Waals surface area contributed by atoms with Crippen molar-refractivity contribution in [2.24, 2.45) is 0 Å². The number of aliphatic hydroxyl groups is 1. The van der Waals surface area contributed by atoms with E-state index in [0.717, 1.165) is 105 Å². The molecule has 7 nitrogen and oxygen atoms in total. The number of unbranched alkanes of at least 4 members (excludes halogenated alkanes) is 3. The molecule has 5 rings (SSSR count). The van der Waals surface area contributed by atoms with Gasteiger partial charge in [0, 0.05) is 67.8 Å². The SMILES string of the molecule is CCSSCCC(CCCCC(=O)O)SSc1ccccc1.O=C(O)CCCCC(CCSC(O)c1ccccc1)SCc1ccccc1.O=C(O)CCCCC(CCSCc1ccccc1)Sc1ccccc1. The standard InChI is InChI=1S/C22H28O3S2.C21H26O2S2.C16H24O2S4/c23-21(24)14-8-7-13-20(27-17-18-9-3-1-4-10-18)15-16-26-22(25)19-11-5-2-6-12-19;22-21(23)14-8-7-13-20(25-19-11-5-2-6-12-19)15-16-24-17-18-9-3-1-4-10-18;1-2-19-20-13-12-15(10-6-7-11-16(17)18)22-21-14-8-4-3-5-9-14/h1-6,9-12,20,22,25H,7-8,13-17H2,(H,23,24);1-6,9-12,20H,7-8,13-17H2,(H,22,23);3-5,8-9,15H,2,6-7,10-13H2,1H3,(H,17,18). The smallest absolute Gasteiger partial charge is 0.303 e. The molecule has 0 bridgehead atoms. The van der Waals surface area contributed by atoms with Crippen molar-refractivity contribution in [3.63, 3.8) is 0 Å². The van der Waals surface area contributed by atoms with Crippen LogP contribution in [0.3, 0.4) is 0 Å². The molecule has 0 aliphatic rings. The average molecular weight is 1160 g/mol. The topological polar surface area (TPSA) is 132 Å². The van der Waals surface area contributed by atoms with Crippen molar-refractivity contribution in [3.8, 4) is 0 Å². The highest BCUT2D eigenvalue weighted by Crippen LogP contribution is 2.39. The maximum Gasteiger partial charge on any atom is 0.303 e. The van der Waals surface area contributed by atoms with Crippen LogP contribution in [-0.4, -0.2) is 77.1 Å². The van der Waals surface area contributed by atoms with E-state index in [2.05, 4.69) is 110 Å². The Kier molecular flexibility index (Phi) is 39.2. The quantitative estimate of drug-likeness (QED) is 0.0129. The van der Waals surface area contributed by atoms with Crippen LogP contribution in [0.4, 0.5) is 0 Å². The third-order valence-corrected chi connectivity index (χ3v) is 21.5. The molecule has 0 aromatic heterocycles. The molecule has 4 atom stereocenters. The van der Waals surface area contributed by atoms with E-state index in [1.54, 1.807) is 11.8 Å². The van der Waals surface area contributed by atoms with Gasteiger partial charge in [-0.25, -0.2) is 0 Å². The molecule has 4 N–H and O–H groups in total. The summed E-state index contributed by atoms with van der Waals surface area (Å²) in [6.07, 6.45) is 12.6. The van der Waals surface area contributed by atoms with E-state index >= 15 is 0 Å². The molecular weight excluding hydrogens is 1080 g/mol. The fraction of sp³-hybridized carbons (Fsp3) is 0.441. The molecule has 74 heavy (non-hydrogen) atoms. The molecule has 0 saturated heterocycles. The number of carboxylic acids is 3. The summed E-state index contributed by atoms with van der Waals surface area (Å²) in [6.45, 7) is 2.18. The lowest BCUT2D eigenvalue weighted by Crippen LogP contribution is -2.07. The van der Waals surface area contributed by atoms with Crippen LogP contribution in [0, 0.1) is 0 Å². The Hall–Kier alpha value is -2.73. The predicted molar refractivity (Wildman–Crippen MR) is 331 cm³/mol. The first-order chi connectivity index (χ1) is 36.1. The number of carbonyl (C=O) groups is 3. The summed E-state index contributed by atoms with van der Waals surface area (Å²) in [6, 6.07) is 51.7. The van der Waals surface area contributed by atoms with Crippen molar-refractivity contribution in [1.29, 1.82) is 0 Å². The number of hydrogen-bond donors (Lipinski definition) is 4. The monoisotopic (exact) mass is 1150 g/mol. The maximum absolute atomic E-state index is 10.7. The zero-order valence-corrected chi connectivity index (χ0v) is 49.4. The van der Waals surface area contributed by atoms with E-state index in [1.807, 2.05) is 127 Å². The zero-order valence-electron chi connectivity index (χ0n) is 42.9. The van der Waals surface area contributed by atoms with Crippen molar-refractivity contribution in [1.82, 2.24) is 0 Å². The van der Waals surface area contributed by atoms with Gasteiger partial charge in [0.15, 0.2) is 0 Å². The van der Waals surface area contributed by atoms with Gasteiger partial charge in [-0.15, -0.1) is 23.5 Å². The second kappa shape index (κ2) is 44.3. The Morgan fingerprint density at radius 3 is 1.42 bits per heavy atom. The average Bonchev–Trinajstić information content (AvgIpc) is 3.42. The van der Waals surface area contributed by atoms with Gasteiger partial charge in [0.2, 0.25) is 0 Å². The maximum atomic E-state index is 10.7. The van der Waals surface area contributed by atoms with E-state index in [1.165, 1.54) is 33.1 Å². The minimum absolute atomic E-state index is 0.248. The van der Waals surface area contributed by atoms with E-state index in [9.17, 15) is 19.5 Å². The highest BCUT2D eigenvalue weighted by Gasteiger charge is 2.15. The van der Waals surface area contributed by atoms with Gasteiger partial charge in [0.25, 0.3) is 0 Å². The molecule has 4 unspecified atom stereocenters. The molecule has 0 spiro atoms. The van der Waals surface area contributed by atoms with Crippen LogP contribution in [0.15, 0.2) is 161 Å². The van der Waals surface area contributed by atoms with E-state index in [-0.39, 0.29) is 12.8 Å². The highest BCUT2D eigenvalue weighted by atomic mass is 33.1. The van der Waals surface area contributed by atoms with Crippen LogP contribution >= 0.6 is 90.2 Å². The Balaban J connectivity index is 0.000000294. The molecule has 0 aliphatic carbocycles. The molecule has 5 aromatic carbocycles. The van der Waals surface area contributed by atoms with Gasteiger partial charge in [-0.1, -0.05) is 197 Å². The van der Waals surface area contributed by atoms with Crippen molar-refractivity contribution in [2.75, 3.05) is 23.0 Å². The van der Waals surface area contributed by atoms with Crippen molar-refractivity contribution >= 4 is 108 Å². The summed E-state index contributed by atoms with van der Waals surface area (Å²) >= 11 is 7.43. The van der Waals surface area contributed by atoms with Crippen molar-refractivity contribution in [2.45, 2.75) is 146 Å². The lowest BCUT2D eigenvalue weighted by atomic mass is 10.1. The lowest BCUT2D eigenvalue weighted by molar-refractivity contribution is -0.138. The largest absolute Gasteiger partial charge is 0.481 e. The van der Waals surface area contributed by atoms with Gasteiger partial charge < -0.3 is 20.4 Å². The number of aliphatic hydroxyl groups excluding tert-OH is 1. The number of carboxylic acid groups (broad SMARTS) is 3. The number of benzene rings is 5. The Morgan fingerprint density at radius 1 is 0.446 bits per heavy atom. The van der Waals surface area contributed by atoms with Gasteiger partial charge in [-0.3, -0.25) is 14.4 Å².